The van der Waals surface area contributed by atoms with Gasteiger partial charge in [0, 0.05) is 30.6 Å². The van der Waals surface area contributed by atoms with Crippen molar-refractivity contribution in [2.24, 2.45) is 5.92 Å². The summed E-state index contributed by atoms with van der Waals surface area (Å²) in [5, 5.41) is 10.9. The number of nitrogens with zero attached hydrogens (tertiary/aromatic N) is 2. The summed E-state index contributed by atoms with van der Waals surface area (Å²) < 4.78 is 13.2. The molecule has 0 N–H and O–H groups in total. The summed E-state index contributed by atoms with van der Waals surface area (Å²) in [5.74, 6) is -0.508. The van der Waals surface area contributed by atoms with Crippen molar-refractivity contribution >= 4 is 12.0 Å². The Hall–Kier alpha value is -1.82. The van der Waals surface area contributed by atoms with E-state index in [1.54, 1.807) is 0 Å². The third kappa shape index (κ3) is 3.35. The smallest absolute Gasteiger partial charge is 0.274 e. The van der Waals surface area contributed by atoms with E-state index in [0.29, 0.717) is 18.7 Å². The van der Waals surface area contributed by atoms with E-state index >= 15 is 0 Å². The average molecular weight is 266 g/mol. The lowest BCUT2D eigenvalue weighted by Gasteiger charge is -2.29. The van der Waals surface area contributed by atoms with Crippen LogP contribution in [-0.2, 0) is 11.3 Å². The number of carbonyl (C=O) groups is 1. The van der Waals surface area contributed by atoms with Crippen LogP contribution in [0.25, 0.3) is 0 Å². The first kappa shape index (κ1) is 13.6. The van der Waals surface area contributed by atoms with Crippen molar-refractivity contribution in [3.05, 3.63) is 39.7 Å². The van der Waals surface area contributed by atoms with Crippen LogP contribution in [0.4, 0.5) is 10.1 Å². The molecule has 0 amide bonds. The molecule has 0 aromatic heterocycles. The van der Waals surface area contributed by atoms with Crippen LogP contribution in [0.1, 0.15) is 18.4 Å². The highest BCUT2D eigenvalue weighted by atomic mass is 19.1. The molecule has 1 heterocycles. The first-order chi connectivity index (χ1) is 9.10. The number of carbonyl (C=O) groups excluding carboxylic acids is 1. The van der Waals surface area contributed by atoms with E-state index in [0.717, 1.165) is 31.7 Å². The van der Waals surface area contributed by atoms with E-state index < -0.39 is 10.7 Å². The second-order valence-corrected chi connectivity index (χ2v) is 4.80. The van der Waals surface area contributed by atoms with Crippen LogP contribution in [0.5, 0.6) is 0 Å². The fraction of sp³-hybridized carbons (Fsp3) is 0.462. The lowest BCUT2D eigenvalue weighted by atomic mass is 9.99. The second-order valence-electron chi connectivity index (χ2n) is 4.80. The Balaban J connectivity index is 2.15. The van der Waals surface area contributed by atoms with Crippen LogP contribution in [0.3, 0.4) is 0 Å². The summed E-state index contributed by atoms with van der Waals surface area (Å²) in [6, 6.07) is 3.47. The number of likely N-dealkylation sites (tertiary alicyclic amines) is 1. The topological polar surface area (TPSA) is 63.5 Å². The van der Waals surface area contributed by atoms with Crippen molar-refractivity contribution in [2.45, 2.75) is 19.4 Å². The number of hydrogen-bond acceptors (Lipinski definition) is 4. The predicted molar refractivity (Wildman–Crippen MR) is 67.1 cm³/mol. The molecule has 1 aromatic carbocycles. The Morgan fingerprint density at radius 1 is 1.53 bits per heavy atom. The van der Waals surface area contributed by atoms with Gasteiger partial charge >= 0.3 is 0 Å². The van der Waals surface area contributed by atoms with Crippen molar-refractivity contribution in [2.75, 3.05) is 13.1 Å². The molecule has 1 aliphatic rings. The van der Waals surface area contributed by atoms with Gasteiger partial charge in [-0.25, -0.2) is 4.39 Å². The Kier molecular flexibility index (Phi) is 4.21. The van der Waals surface area contributed by atoms with Crippen LogP contribution >= 0.6 is 0 Å². The molecule has 1 aliphatic heterocycles. The van der Waals surface area contributed by atoms with Crippen LogP contribution in [0.2, 0.25) is 0 Å². The molecule has 0 radical (unpaired) electrons. The Bertz CT molecular complexity index is 493. The minimum atomic E-state index is -0.504. The SMILES string of the molecule is O=CC1CCCN(Cc2cc(F)ccc2[N+](=O)[O-])C1. The number of hydrogen-bond donors (Lipinski definition) is 0. The number of nitro groups is 1. The quantitative estimate of drug-likeness (QED) is 0.476. The zero-order valence-corrected chi connectivity index (χ0v) is 10.4. The number of piperidine rings is 1. The standard InChI is InChI=1S/C13H15FN2O3/c14-12-3-4-13(16(18)19)11(6-12)8-15-5-1-2-10(7-15)9-17/h3-4,6,9-10H,1-2,5,7-8H2. The van der Waals surface area contributed by atoms with Crippen LogP contribution in [0.15, 0.2) is 18.2 Å². The molecule has 1 atom stereocenters. The molecule has 1 fully saturated rings. The van der Waals surface area contributed by atoms with Gasteiger partial charge in [0.25, 0.3) is 5.69 Å². The van der Waals surface area contributed by atoms with Crippen molar-refractivity contribution in [1.29, 1.82) is 0 Å². The Morgan fingerprint density at radius 3 is 3.00 bits per heavy atom. The van der Waals surface area contributed by atoms with Crippen molar-refractivity contribution in [3.8, 4) is 0 Å². The summed E-state index contributed by atoms with van der Waals surface area (Å²) in [6.07, 6.45) is 2.66. The minimum absolute atomic E-state index is 0.0265. The second kappa shape index (κ2) is 5.88. The lowest BCUT2D eigenvalue weighted by Crippen LogP contribution is -2.35. The third-order valence-corrected chi connectivity index (χ3v) is 3.37. The van der Waals surface area contributed by atoms with Gasteiger partial charge in [-0.3, -0.25) is 15.0 Å². The lowest BCUT2D eigenvalue weighted by molar-refractivity contribution is -0.385. The van der Waals surface area contributed by atoms with Gasteiger partial charge in [0.05, 0.1) is 4.92 Å². The predicted octanol–water partition coefficient (Wildman–Crippen LogP) is 2.14. The highest BCUT2D eigenvalue weighted by molar-refractivity contribution is 5.54. The Labute approximate surface area is 110 Å². The maximum atomic E-state index is 13.2. The van der Waals surface area contributed by atoms with Gasteiger partial charge in [0.15, 0.2) is 0 Å². The van der Waals surface area contributed by atoms with E-state index in [2.05, 4.69) is 0 Å². The van der Waals surface area contributed by atoms with Gasteiger partial charge in [-0.15, -0.1) is 0 Å². The van der Waals surface area contributed by atoms with Crippen LogP contribution in [0, 0.1) is 21.8 Å². The number of halogens is 1. The molecule has 1 aromatic rings. The van der Waals surface area contributed by atoms with E-state index in [4.69, 9.17) is 0 Å². The highest BCUT2D eigenvalue weighted by Crippen LogP contribution is 2.23. The molecule has 102 valence electrons. The summed E-state index contributed by atoms with van der Waals surface area (Å²) >= 11 is 0. The van der Waals surface area contributed by atoms with Crippen LogP contribution in [-0.4, -0.2) is 29.2 Å². The first-order valence-electron chi connectivity index (χ1n) is 6.20. The molecule has 0 aliphatic carbocycles. The van der Waals surface area contributed by atoms with Gasteiger partial charge < -0.3 is 4.79 Å². The van der Waals surface area contributed by atoms with Crippen molar-refractivity contribution < 1.29 is 14.1 Å². The van der Waals surface area contributed by atoms with Crippen LogP contribution < -0.4 is 0 Å². The van der Waals surface area contributed by atoms with E-state index in [1.807, 2.05) is 4.90 Å². The maximum Gasteiger partial charge on any atom is 0.274 e. The number of benzene rings is 1. The van der Waals surface area contributed by atoms with E-state index in [9.17, 15) is 19.3 Å². The average Bonchev–Trinajstić information content (AvgIpc) is 2.38. The van der Waals surface area contributed by atoms with Crippen molar-refractivity contribution in [3.63, 3.8) is 0 Å². The normalized spacial score (nSPS) is 20.2. The van der Waals surface area contributed by atoms with E-state index in [-0.39, 0.29) is 11.6 Å². The number of nitro benzene ring substituents is 1. The molecule has 1 saturated heterocycles. The molecule has 19 heavy (non-hydrogen) atoms. The van der Waals surface area contributed by atoms with Gasteiger partial charge in [0.2, 0.25) is 0 Å². The molecule has 0 bridgehead atoms. The number of aldehydes is 1. The third-order valence-electron chi connectivity index (χ3n) is 3.37. The first-order valence-corrected chi connectivity index (χ1v) is 6.20. The summed E-state index contributed by atoms with van der Waals surface area (Å²) in [6.45, 7) is 1.66. The minimum Gasteiger partial charge on any atom is -0.303 e. The molecular formula is C13H15FN2O3. The van der Waals surface area contributed by atoms with Crippen molar-refractivity contribution in [1.82, 2.24) is 4.90 Å². The summed E-state index contributed by atoms with van der Waals surface area (Å²) in [7, 11) is 0. The zero-order chi connectivity index (χ0) is 13.8. The maximum absolute atomic E-state index is 13.2. The Morgan fingerprint density at radius 2 is 2.32 bits per heavy atom. The fourth-order valence-corrected chi connectivity index (χ4v) is 2.45. The van der Waals surface area contributed by atoms with Gasteiger partial charge in [-0.05, 0) is 31.5 Å². The molecule has 0 saturated carbocycles. The highest BCUT2D eigenvalue weighted by Gasteiger charge is 2.22. The largest absolute Gasteiger partial charge is 0.303 e. The van der Waals surface area contributed by atoms with Gasteiger partial charge in [-0.1, -0.05) is 0 Å². The zero-order valence-electron chi connectivity index (χ0n) is 10.4. The number of rotatable bonds is 4. The van der Waals surface area contributed by atoms with Gasteiger partial charge in [0.1, 0.15) is 12.1 Å². The molecule has 2 rings (SSSR count). The monoisotopic (exact) mass is 266 g/mol. The summed E-state index contributed by atoms with van der Waals surface area (Å²) in [4.78, 5) is 23.2. The fourth-order valence-electron chi connectivity index (χ4n) is 2.45. The van der Waals surface area contributed by atoms with Gasteiger partial charge in [-0.2, -0.15) is 0 Å². The van der Waals surface area contributed by atoms with E-state index in [1.165, 1.54) is 12.1 Å². The molecule has 1 unspecified atom stereocenters. The molecular weight excluding hydrogens is 251 g/mol. The molecule has 5 nitrogen and oxygen atoms in total. The molecule has 6 heteroatoms. The molecule has 0 spiro atoms. The summed E-state index contributed by atoms with van der Waals surface area (Å²) in [5.41, 5.74) is 0.283.